The largest absolute Gasteiger partial charge is 0.381 e. The SMILES string of the molecule is CCNC(=NCCCOCC(C)C)NCCc1ccccn1. The van der Waals surface area contributed by atoms with E-state index in [4.69, 9.17) is 4.74 Å². The van der Waals surface area contributed by atoms with E-state index in [9.17, 15) is 0 Å². The highest BCUT2D eigenvalue weighted by atomic mass is 16.5. The minimum Gasteiger partial charge on any atom is -0.381 e. The smallest absolute Gasteiger partial charge is 0.191 e. The van der Waals surface area contributed by atoms with E-state index < -0.39 is 0 Å². The molecular formula is C17H30N4O. The molecule has 0 saturated carbocycles. The van der Waals surface area contributed by atoms with Gasteiger partial charge in [-0.2, -0.15) is 0 Å². The Balaban J connectivity index is 2.21. The first-order valence-electron chi connectivity index (χ1n) is 8.22. The van der Waals surface area contributed by atoms with Gasteiger partial charge in [-0.25, -0.2) is 0 Å². The van der Waals surface area contributed by atoms with Crippen molar-refractivity contribution in [2.45, 2.75) is 33.6 Å². The number of pyridine rings is 1. The molecule has 0 radical (unpaired) electrons. The third kappa shape index (κ3) is 9.34. The molecule has 0 unspecified atom stereocenters. The number of nitrogens with zero attached hydrogens (tertiary/aromatic N) is 2. The Morgan fingerprint density at radius 2 is 2.18 bits per heavy atom. The molecule has 5 heteroatoms. The molecule has 0 fully saturated rings. The third-order valence-electron chi connectivity index (χ3n) is 2.91. The van der Waals surface area contributed by atoms with Gasteiger partial charge in [0, 0.05) is 51.2 Å². The molecule has 0 aliphatic carbocycles. The van der Waals surface area contributed by atoms with E-state index in [0.717, 1.165) is 57.3 Å². The summed E-state index contributed by atoms with van der Waals surface area (Å²) in [5.41, 5.74) is 1.09. The molecular weight excluding hydrogens is 276 g/mol. The van der Waals surface area contributed by atoms with Gasteiger partial charge in [-0.15, -0.1) is 0 Å². The summed E-state index contributed by atoms with van der Waals surface area (Å²) in [6, 6.07) is 5.99. The van der Waals surface area contributed by atoms with Crippen LogP contribution in [-0.2, 0) is 11.2 Å². The van der Waals surface area contributed by atoms with Crippen LogP contribution in [0.25, 0.3) is 0 Å². The van der Waals surface area contributed by atoms with Crippen LogP contribution < -0.4 is 10.6 Å². The number of ether oxygens (including phenoxy) is 1. The molecule has 0 bridgehead atoms. The number of nitrogens with one attached hydrogen (secondary N) is 2. The topological polar surface area (TPSA) is 58.5 Å². The van der Waals surface area contributed by atoms with Gasteiger partial charge in [0.1, 0.15) is 0 Å². The van der Waals surface area contributed by atoms with Gasteiger partial charge >= 0.3 is 0 Å². The van der Waals surface area contributed by atoms with Crippen molar-refractivity contribution in [3.05, 3.63) is 30.1 Å². The first-order chi connectivity index (χ1) is 10.7. The minimum absolute atomic E-state index is 0.592. The second kappa shape index (κ2) is 12.0. The van der Waals surface area contributed by atoms with Gasteiger partial charge in [0.15, 0.2) is 5.96 Å². The molecule has 0 aliphatic rings. The van der Waals surface area contributed by atoms with E-state index >= 15 is 0 Å². The molecule has 1 aromatic heterocycles. The van der Waals surface area contributed by atoms with E-state index in [1.165, 1.54) is 0 Å². The van der Waals surface area contributed by atoms with Crippen molar-refractivity contribution >= 4 is 5.96 Å². The number of aromatic nitrogens is 1. The lowest BCUT2D eigenvalue weighted by molar-refractivity contribution is 0.109. The highest BCUT2D eigenvalue weighted by Gasteiger charge is 1.98. The number of guanidine groups is 1. The summed E-state index contributed by atoms with van der Waals surface area (Å²) in [5.74, 6) is 1.45. The van der Waals surface area contributed by atoms with Crippen LogP contribution in [0.15, 0.2) is 29.4 Å². The summed E-state index contributed by atoms with van der Waals surface area (Å²) in [7, 11) is 0. The van der Waals surface area contributed by atoms with Crippen LogP contribution in [0, 0.1) is 5.92 Å². The molecule has 22 heavy (non-hydrogen) atoms. The number of hydrogen-bond acceptors (Lipinski definition) is 3. The van der Waals surface area contributed by atoms with Crippen LogP contribution >= 0.6 is 0 Å². The third-order valence-corrected chi connectivity index (χ3v) is 2.91. The zero-order chi connectivity index (χ0) is 16.0. The summed E-state index contributed by atoms with van der Waals surface area (Å²) in [5, 5.41) is 6.59. The van der Waals surface area contributed by atoms with Crippen LogP contribution in [0.4, 0.5) is 0 Å². The Kier molecular flexibility index (Phi) is 10.0. The lowest BCUT2D eigenvalue weighted by Crippen LogP contribution is -2.38. The zero-order valence-electron chi connectivity index (χ0n) is 14.1. The molecule has 2 N–H and O–H groups in total. The van der Waals surface area contributed by atoms with E-state index in [1.54, 1.807) is 0 Å². The fourth-order valence-corrected chi connectivity index (χ4v) is 1.87. The van der Waals surface area contributed by atoms with Crippen molar-refractivity contribution in [1.29, 1.82) is 0 Å². The number of rotatable bonds is 10. The number of hydrogen-bond donors (Lipinski definition) is 2. The van der Waals surface area contributed by atoms with Crippen molar-refractivity contribution in [2.24, 2.45) is 10.9 Å². The van der Waals surface area contributed by atoms with Gasteiger partial charge in [-0.1, -0.05) is 19.9 Å². The number of aliphatic imine (C=N–C) groups is 1. The fourth-order valence-electron chi connectivity index (χ4n) is 1.87. The lowest BCUT2D eigenvalue weighted by atomic mass is 10.2. The van der Waals surface area contributed by atoms with Crippen molar-refractivity contribution < 1.29 is 4.74 Å². The standard InChI is InChI=1S/C17H30N4O/c1-4-18-17(20-11-7-13-22-14-15(2)3)21-12-9-16-8-5-6-10-19-16/h5-6,8,10,15H,4,7,9,11-14H2,1-3H3,(H2,18,20,21). The average molecular weight is 306 g/mol. The van der Waals surface area contributed by atoms with Crippen LogP contribution in [0.1, 0.15) is 32.9 Å². The molecule has 0 spiro atoms. The Labute approximate surface area is 134 Å². The maximum atomic E-state index is 5.56. The second-order valence-corrected chi connectivity index (χ2v) is 5.58. The maximum absolute atomic E-state index is 5.56. The fraction of sp³-hybridized carbons (Fsp3) is 0.647. The lowest BCUT2D eigenvalue weighted by Gasteiger charge is -2.11. The molecule has 1 aromatic rings. The minimum atomic E-state index is 0.592. The highest BCUT2D eigenvalue weighted by molar-refractivity contribution is 5.79. The van der Waals surface area contributed by atoms with Crippen molar-refractivity contribution in [1.82, 2.24) is 15.6 Å². The molecule has 0 aromatic carbocycles. The molecule has 0 aliphatic heterocycles. The zero-order valence-corrected chi connectivity index (χ0v) is 14.1. The Morgan fingerprint density at radius 3 is 2.86 bits per heavy atom. The molecule has 1 rings (SSSR count). The van der Waals surface area contributed by atoms with E-state index in [0.29, 0.717) is 5.92 Å². The van der Waals surface area contributed by atoms with E-state index in [1.807, 2.05) is 24.4 Å². The maximum Gasteiger partial charge on any atom is 0.191 e. The molecule has 5 nitrogen and oxygen atoms in total. The summed E-state index contributed by atoms with van der Waals surface area (Å²) >= 11 is 0. The predicted octanol–water partition coefficient (Wildman–Crippen LogP) is 2.24. The van der Waals surface area contributed by atoms with E-state index in [-0.39, 0.29) is 0 Å². The van der Waals surface area contributed by atoms with Gasteiger partial charge in [-0.3, -0.25) is 9.98 Å². The van der Waals surface area contributed by atoms with Gasteiger partial charge < -0.3 is 15.4 Å². The predicted molar refractivity (Wildman–Crippen MR) is 92.2 cm³/mol. The second-order valence-electron chi connectivity index (χ2n) is 5.58. The van der Waals surface area contributed by atoms with Crippen molar-refractivity contribution in [2.75, 3.05) is 32.8 Å². The Morgan fingerprint density at radius 1 is 1.32 bits per heavy atom. The molecule has 124 valence electrons. The summed E-state index contributed by atoms with van der Waals surface area (Å²) in [6.07, 6.45) is 3.66. The molecule has 0 saturated heterocycles. The van der Waals surface area contributed by atoms with Crippen molar-refractivity contribution in [3.8, 4) is 0 Å². The normalized spacial score (nSPS) is 11.7. The average Bonchev–Trinajstić information content (AvgIpc) is 2.51. The molecule has 0 amide bonds. The highest BCUT2D eigenvalue weighted by Crippen LogP contribution is 1.94. The molecule has 0 atom stereocenters. The quantitative estimate of drug-likeness (QED) is 0.395. The summed E-state index contributed by atoms with van der Waals surface area (Å²) in [6.45, 7) is 10.5. The van der Waals surface area contributed by atoms with Crippen LogP contribution in [0.5, 0.6) is 0 Å². The van der Waals surface area contributed by atoms with Gasteiger partial charge in [0.2, 0.25) is 0 Å². The Hall–Kier alpha value is -1.62. The van der Waals surface area contributed by atoms with E-state index in [2.05, 4.69) is 41.4 Å². The van der Waals surface area contributed by atoms with Gasteiger partial charge in [-0.05, 0) is 31.4 Å². The summed E-state index contributed by atoms with van der Waals surface area (Å²) < 4.78 is 5.56. The van der Waals surface area contributed by atoms with Crippen LogP contribution in [0.3, 0.4) is 0 Å². The first kappa shape index (κ1) is 18.4. The van der Waals surface area contributed by atoms with Crippen LogP contribution in [-0.4, -0.2) is 43.8 Å². The first-order valence-corrected chi connectivity index (χ1v) is 8.22. The van der Waals surface area contributed by atoms with Gasteiger partial charge in [0.05, 0.1) is 0 Å². The van der Waals surface area contributed by atoms with Crippen LogP contribution in [0.2, 0.25) is 0 Å². The summed E-state index contributed by atoms with van der Waals surface area (Å²) in [4.78, 5) is 8.87. The molecule has 1 heterocycles. The van der Waals surface area contributed by atoms with Crippen molar-refractivity contribution in [3.63, 3.8) is 0 Å². The monoisotopic (exact) mass is 306 g/mol. The van der Waals surface area contributed by atoms with Gasteiger partial charge in [0.25, 0.3) is 0 Å². The Bertz CT molecular complexity index is 406.